The summed E-state index contributed by atoms with van der Waals surface area (Å²) in [7, 11) is 0. The van der Waals surface area contributed by atoms with Crippen molar-refractivity contribution in [1.82, 2.24) is 4.57 Å². The molecule has 0 N–H and O–H groups in total. The van der Waals surface area contributed by atoms with Crippen LogP contribution >= 0.6 is 0 Å². The molecule has 0 unspecified atom stereocenters. The molecule has 4 heteroatoms. The second kappa shape index (κ2) is 7.04. The van der Waals surface area contributed by atoms with E-state index in [0.717, 1.165) is 17.5 Å². The van der Waals surface area contributed by atoms with Gasteiger partial charge in [-0.1, -0.05) is 44.2 Å². The summed E-state index contributed by atoms with van der Waals surface area (Å²) in [6.45, 7) is 2.22. The number of rotatable bonds is 6. The molecule has 0 saturated heterocycles. The van der Waals surface area contributed by atoms with Crippen molar-refractivity contribution in [3.63, 3.8) is 0 Å². The average molecular weight is 329 g/mol. The van der Waals surface area contributed by atoms with E-state index in [-0.39, 0.29) is 5.75 Å². The standard InChI is InChI=1S/C20H21F2NO/c1-14(2)10-17-12-16-7-3-4-9-19(16)23(17)13-15-6-5-8-18(11-15)24-20(21)22/h3-9,11-12,14,20H,10,13H2,1-2H3. The van der Waals surface area contributed by atoms with E-state index >= 15 is 0 Å². The van der Waals surface area contributed by atoms with Crippen molar-refractivity contribution in [2.45, 2.75) is 33.4 Å². The lowest BCUT2D eigenvalue weighted by atomic mass is 10.1. The summed E-state index contributed by atoms with van der Waals surface area (Å²) in [5, 5.41) is 1.20. The van der Waals surface area contributed by atoms with Gasteiger partial charge in [-0.15, -0.1) is 0 Å². The SMILES string of the molecule is CC(C)Cc1cc2ccccc2n1Cc1cccc(OC(F)F)c1. The zero-order valence-electron chi connectivity index (χ0n) is 13.9. The molecule has 24 heavy (non-hydrogen) atoms. The minimum atomic E-state index is -2.80. The lowest BCUT2D eigenvalue weighted by Crippen LogP contribution is -2.07. The van der Waals surface area contributed by atoms with Crippen molar-refractivity contribution in [3.8, 4) is 5.75 Å². The van der Waals surface area contributed by atoms with E-state index in [1.165, 1.54) is 11.1 Å². The molecule has 0 aliphatic carbocycles. The van der Waals surface area contributed by atoms with Gasteiger partial charge >= 0.3 is 6.61 Å². The Morgan fingerprint density at radius 3 is 2.54 bits per heavy atom. The summed E-state index contributed by atoms with van der Waals surface area (Å²) in [5.41, 5.74) is 3.36. The Kier molecular flexibility index (Phi) is 4.84. The maximum absolute atomic E-state index is 12.4. The molecular weight excluding hydrogens is 308 g/mol. The number of halogens is 2. The number of ether oxygens (including phenoxy) is 1. The summed E-state index contributed by atoms with van der Waals surface area (Å²) in [4.78, 5) is 0. The Morgan fingerprint density at radius 2 is 1.79 bits per heavy atom. The number of benzene rings is 2. The summed E-state index contributed by atoms with van der Waals surface area (Å²) < 4.78 is 31.6. The first kappa shape index (κ1) is 16.5. The molecule has 0 amide bonds. The molecule has 2 aromatic carbocycles. The van der Waals surface area contributed by atoms with Crippen LogP contribution in [0.5, 0.6) is 5.75 Å². The number of hydrogen-bond acceptors (Lipinski definition) is 1. The fourth-order valence-corrected chi connectivity index (χ4v) is 3.04. The first-order valence-electron chi connectivity index (χ1n) is 8.14. The second-order valence-corrected chi connectivity index (χ2v) is 6.40. The number of aromatic nitrogens is 1. The molecule has 0 spiro atoms. The van der Waals surface area contributed by atoms with E-state index in [2.05, 4.69) is 41.4 Å². The molecule has 2 nitrogen and oxygen atoms in total. The first-order valence-corrected chi connectivity index (χ1v) is 8.14. The van der Waals surface area contributed by atoms with Crippen molar-refractivity contribution in [2.75, 3.05) is 0 Å². The summed E-state index contributed by atoms with van der Waals surface area (Å²) in [5.74, 6) is 0.742. The van der Waals surface area contributed by atoms with Crippen molar-refractivity contribution in [1.29, 1.82) is 0 Å². The van der Waals surface area contributed by atoms with Gasteiger partial charge in [0.25, 0.3) is 0 Å². The molecule has 0 saturated carbocycles. The van der Waals surface area contributed by atoms with Crippen LogP contribution in [0.25, 0.3) is 10.9 Å². The van der Waals surface area contributed by atoms with Crippen LogP contribution in [0, 0.1) is 5.92 Å². The summed E-state index contributed by atoms with van der Waals surface area (Å²) in [6.07, 6.45) is 0.974. The maximum atomic E-state index is 12.4. The quantitative estimate of drug-likeness (QED) is 0.583. The molecule has 0 bridgehead atoms. The topological polar surface area (TPSA) is 14.2 Å². The highest BCUT2D eigenvalue weighted by atomic mass is 19.3. The third kappa shape index (κ3) is 3.75. The highest BCUT2D eigenvalue weighted by Gasteiger charge is 2.11. The number of para-hydroxylation sites is 1. The predicted octanol–water partition coefficient (Wildman–Crippen LogP) is 5.49. The normalized spacial score (nSPS) is 11.6. The van der Waals surface area contributed by atoms with Gasteiger partial charge in [0.15, 0.2) is 0 Å². The highest BCUT2D eigenvalue weighted by Crippen LogP contribution is 2.24. The summed E-state index contributed by atoms with van der Waals surface area (Å²) in [6, 6.07) is 17.4. The molecule has 0 atom stereocenters. The monoisotopic (exact) mass is 329 g/mol. The van der Waals surface area contributed by atoms with E-state index < -0.39 is 6.61 Å². The Morgan fingerprint density at radius 1 is 1.00 bits per heavy atom. The zero-order valence-corrected chi connectivity index (χ0v) is 13.9. The van der Waals surface area contributed by atoms with Crippen LogP contribution in [-0.4, -0.2) is 11.2 Å². The average Bonchev–Trinajstić information content (AvgIpc) is 2.84. The minimum absolute atomic E-state index is 0.198. The van der Waals surface area contributed by atoms with Gasteiger partial charge in [-0.05, 0) is 47.6 Å². The van der Waals surface area contributed by atoms with E-state index in [4.69, 9.17) is 0 Å². The molecule has 3 aromatic rings. The number of fused-ring (bicyclic) bond motifs is 1. The van der Waals surface area contributed by atoms with Crippen LogP contribution < -0.4 is 4.74 Å². The Labute approximate surface area is 140 Å². The van der Waals surface area contributed by atoms with E-state index in [0.29, 0.717) is 12.5 Å². The molecule has 0 aliphatic heterocycles. The second-order valence-electron chi connectivity index (χ2n) is 6.40. The van der Waals surface area contributed by atoms with E-state index in [9.17, 15) is 8.78 Å². The molecule has 0 fully saturated rings. The molecule has 3 rings (SSSR count). The minimum Gasteiger partial charge on any atom is -0.435 e. The molecule has 1 aromatic heterocycles. The van der Waals surface area contributed by atoms with Crippen LogP contribution in [0.15, 0.2) is 54.6 Å². The predicted molar refractivity (Wildman–Crippen MR) is 92.7 cm³/mol. The van der Waals surface area contributed by atoms with E-state index in [1.807, 2.05) is 18.2 Å². The fraction of sp³-hybridized carbons (Fsp3) is 0.300. The molecule has 1 heterocycles. The maximum Gasteiger partial charge on any atom is 0.387 e. The molecule has 0 aliphatic rings. The fourth-order valence-electron chi connectivity index (χ4n) is 3.04. The largest absolute Gasteiger partial charge is 0.435 e. The van der Waals surface area contributed by atoms with Crippen molar-refractivity contribution in [3.05, 3.63) is 65.9 Å². The zero-order chi connectivity index (χ0) is 17.1. The Bertz CT molecular complexity index is 823. The van der Waals surface area contributed by atoms with Crippen LogP contribution in [0.2, 0.25) is 0 Å². The first-order chi connectivity index (χ1) is 11.5. The number of nitrogens with zero attached hydrogens (tertiary/aromatic N) is 1. The van der Waals surface area contributed by atoms with Crippen molar-refractivity contribution in [2.24, 2.45) is 5.92 Å². The Hall–Kier alpha value is -2.36. The van der Waals surface area contributed by atoms with Crippen LogP contribution in [0.1, 0.15) is 25.1 Å². The van der Waals surface area contributed by atoms with Crippen LogP contribution in [-0.2, 0) is 13.0 Å². The van der Waals surface area contributed by atoms with Gasteiger partial charge in [-0.3, -0.25) is 0 Å². The van der Waals surface area contributed by atoms with Gasteiger partial charge in [-0.25, -0.2) is 0 Å². The van der Waals surface area contributed by atoms with Gasteiger partial charge in [-0.2, -0.15) is 8.78 Å². The number of alkyl halides is 2. The van der Waals surface area contributed by atoms with Gasteiger partial charge in [0.1, 0.15) is 5.75 Å². The molecule has 0 radical (unpaired) electrons. The van der Waals surface area contributed by atoms with Gasteiger partial charge in [0, 0.05) is 17.8 Å². The van der Waals surface area contributed by atoms with Crippen LogP contribution in [0.4, 0.5) is 8.78 Å². The Balaban J connectivity index is 1.96. The third-order valence-electron chi connectivity index (χ3n) is 3.98. The number of hydrogen-bond donors (Lipinski definition) is 0. The van der Waals surface area contributed by atoms with Gasteiger partial charge < -0.3 is 9.30 Å². The lowest BCUT2D eigenvalue weighted by molar-refractivity contribution is -0.0498. The van der Waals surface area contributed by atoms with Crippen molar-refractivity contribution >= 4 is 10.9 Å². The van der Waals surface area contributed by atoms with Crippen molar-refractivity contribution < 1.29 is 13.5 Å². The lowest BCUT2D eigenvalue weighted by Gasteiger charge is -2.13. The van der Waals surface area contributed by atoms with E-state index in [1.54, 1.807) is 18.2 Å². The molecular formula is C20H21F2NO. The summed E-state index contributed by atoms with van der Waals surface area (Å²) >= 11 is 0. The molecule has 126 valence electrons. The highest BCUT2D eigenvalue weighted by molar-refractivity contribution is 5.81. The van der Waals surface area contributed by atoms with Crippen LogP contribution in [0.3, 0.4) is 0 Å². The van der Waals surface area contributed by atoms with Gasteiger partial charge in [0.2, 0.25) is 0 Å². The smallest absolute Gasteiger partial charge is 0.387 e. The third-order valence-corrected chi connectivity index (χ3v) is 3.98. The van der Waals surface area contributed by atoms with Gasteiger partial charge in [0.05, 0.1) is 0 Å².